The Bertz CT molecular complexity index is 410. The highest BCUT2D eigenvalue weighted by Crippen LogP contribution is 2.28. The molecular weight excluding hydrogens is 272 g/mol. The Labute approximate surface area is 125 Å². The molecular formula is C15H32N2O2S. The van der Waals surface area contributed by atoms with Gasteiger partial charge in [0, 0.05) is 30.4 Å². The molecule has 0 amide bonds. The van der Waals surface area contributed by atoms with Crippen LogP contribution in [-0.4, -0.2) is 56.0 Å². The average molecular weight is 305 g/mol. The summed E-state index contributed by atoms with van der Waals surface area (Å²) < 4.78 is 23.2. The van der Waals surface area contributed by atoms with Gasteiger partial charge in [0.1, 0.15) is 9.84 Å². The number of sulfone groups is 1. The van der Waals surface area contributed by atoms with E-state index in [-0.39, 0.29) is 16.7 Å². The van der Waals surface area contributed by atoms with Crippen molar-refractivity contribution in [1.29, 1.82) is 0 Å². The van der Waals surface area contributed by atoms with Crippen molar-refractivity contribution in [1.82, 2.24) is 10.2 Å². The zero-order valence-corrected chi connectivity index (χ0v) is 14.8. The Morgan fingerprint density at radius 3 is 2.40 bits per heavy atom. The van der Waals surface area contributed by atoms with E-state index in [1.54, 1.807) is 6.92 Å². The van der Waals surface area contributed by atoms with E-state index in [1.165, 1.54) is 0 Å². The van der Waals surface area contributed by atoms with Crippen molar-refractivity contribution in [3.8, 4) is 0 Å². The molecule has 1 fully saturated rings. The molecule has 0 saturated carbocycles. The highest BCUT2D eigenvalue weighted by Gasteiger charge is 2.38. The Morgan fingerprint density at radius 2 is 1.90 bits per heavy atom. The van der Waals surface area contributed by atoms with Crippen molar-refractivity contribution in [3.05, 3.63) is 0 Å². The van der Waals surface area contributed by atoms with E-state index in [0.29, 0.717) is 11.8 Å². The zero-order valence-electron chi connectivity index (χ0n) is 14.0. The average Bonchev–Trinajstić information content (AvgIpc) is 2.26. The summed E-state index contributed by atoms with van der Waals surface area (Å²) in [6.45, 7) is 15.7. The molecule has 1 saturated heterocycles. The first-order valence-corrected chi connectivity index (χ1v) is 9.48. The standard InChI is InChI=1S/C15H32N2O2S/c1-7-20(18,19)10-8-9-17-12-15(5,6)16-11-13(17)14(2,3)4/h13,16H,7-12H2,1-6H3. The number of piperazine rings is 1. The highest BCUT2D eigenvalue weighted by molar-refractivity contribution is 7.91. The summed E-state index contributed by atoms with van der Waals surface area (Å²) in [5, 5.41) is 3.60. The third-order valence-corrected chi connectivity index (χ3v) is 5.94. The van der Waals surface area contributed by atoms with Crippen molar-refractivity contribution in [2.75, 3.05) is 31.1 Å². The minimum Gasteiger partial charge on any atom is -0.309 e. The summed E-state index contributed by atoms with van der Waals surface area (Å²) in [5.41, 5.74) is 0.304. The smallest absolute Gasteiger partial charge is 0.150 e. The Kier molecular flexibility index (Phi) is 5.67. The first-order valence-electron chi connectivity index (χ1n) is 7.66. The summed E-state index contributed by atoms with van der Waals surface area (Å²) in [6, 6.07) is 0.458. The molecule has 0 aromatic heterocycles. The fraction of sp³-hybridized carbons (Fsp3) is 1.00. The van der Waals surface area contributed by atoms with E-state index < -0.39 is 9.84 Å². The molecule has 5 heteroatoms. The number of nitrogens with one attached hydrogen (secondary N) is 1. The van der Waals surface area contributed by atoms with Crippen LogP contribution in [0.25, 0.3) is 0 Å². The van der Waals surface area contributed by atoms with Gasteiger partial charge in [-0.05, 0) is 32.2 Å². The maximum atomic E-state index is 11.6. The summed E-state index contributed by atoms with van der Waals surface area (Å²) in [4.78, 5) is 2.47. The van der Waals surface area contributed by atoms with Gasteiger partial charge in [-0.2, -0.15) is 0 Å². The van der Waals surface area contributed by atoms with Gasteiger partial charge >= 0.3 is 0 Å². The summed E-state index contributed by atoms with van der Waals surface area (Å²) >= 11 is 0. The molecule has 1 heterocycles. The van der Waals surface area contributed by atoms with Gasteiger partial charge in [-0.15, -0.1) is 0 Å². The van der Waals surface area contributed by atoms with E-state index in [0.717, 1.165) is 26.1 Å². The van der Waals surface area contributed by atoms with E-state index in [9.17, 15) is 8.42 Å². The molecule has 0 aromatic rings. The monoisotopic (exact) mass is 304 g/mol. The molecule has 0 aromatic carbocycles. The molecule has 1 aliphatic rings. The molecule has 20 heavy (non-hydrogen) atoms. The van der Waals surface area contributed by atoms with Crippen LogP contribution in [0, 0.1) is 5.41 Å². The highest BCUT2D eigenvalue weighted by atomic mass is 32.2. The topological polar surface area (TPSA) is 49.4 Å². The van der Waals surface area contributed by atoms with E-state index in [2.05, 4.69) is 44.8 Å². The second kappa shape index (κ2) is 6.32. The van der Waals surface area contributed by atoms with Crippen molar-refractivity contribution < 1.29 is 8.42 Å². The zero-order chi connectivity index (χ0) is 15.6. The minimum atomic E-state index is -2.84. The fourth-order valence-corrected chi connectivity index (χ4v) is 3.75. The lowest BCUT2D eigenvalue weighted by molar-refractivity contribution is 0.0336. The lowest BCUT2D eigenvalue weighted by Gasteiger charge is -2.49. The minimum absolute atomic E-state index is 0.103. The lowest BCUT2D eigenvalue weighted by atomic mass is 9.82. The second-order valence-corrected chi connectivity index (χ2v) is 10.2. The number of hydrogen-bond acceptors (Lipinski definition) is 4. The van der Waals surface area contributed by atoms with Crippen molar-refractivity contribution >= 4 is 9.84 Å². The van der Waals surface area contributed by atoms with Crippen molar-refractivity contribution in [2.45, 2.75) is 59.5 Å². The van der Waals surface area contributed by atoms with Crippen LogP contribution in [0.1, 0.15) is 48.0 Å². The maximum Gasteiger partial charge on any atom is 0.150 e. The third kappa shape index (κ3) is 5.34. The van der Waals surface area contributed by atoms with Crippen LogP contribution in [-0.2, 0) is 9.84 Å². The molecule has 4 nitrogen and oxygen atoms in total. The lowest BCUT2D eigenvalue weighted by Crippen LogP contribution is -2.64. The molecule has 1 unspecified atom stereocenters. The van der Waals surface area contributed by atoms with Crippen LogP contribution in [0.4, 0.5) is 0 Å². The van der Waals surface area contributed by atoms with Crippen LogP contribution in [0.15, 0.2) is 0 Å². The molecule has 0 bridgehead atoms. The summed E-state index contributed by atoms with van der Waals surface area (Å²) in [6.07, 6.45) is 0.735. The second-order valence-electron chi connectivity index (χ2n) is 7.71. The van der Waals surface area contributed by atoms with Gasteiger partial charge < -0.3 is 5.32 Å². The van der Waals surface area contributed by atoms with E-state index in [4.69, 9.17) is 0 Å². The Balaban J connectivity index is 2.66. The summed E-state index contributed by atoms with van der Waals surface area (Å²) in [5.74, 6) is 0.563. The van der Waals surface area contributed by atoms with Gasteiger partial charge in [-0.25, -0.2) is 8.42 Å². The van der Waals surface area contributed by atoms with Crippen LogP contribution >= 0.6 is 0 Å². The van der Waals surface area contributed by atoms with Gasteiger partial charge in [0.2, 0.25) is 0 Å². The predicted octanol–water partition coefficient (Wildman–Crippen LogP) is 1.91. The van der Waals surface area contributed by atoms with E-state index >= 15 is 0 Å². The van der Waals surface area contributed by atoms with Crippen LogP contribution < -0.4 is 5.32 Å². The summed E-state index contributed by atoms with van der Waals surface area (Å²) in [7, 11) is -2.84. The first kappa shape index (κ1) is 17.9. The molecule has 0 aliphatic carbocycles. The van der Waals surface area contributed by atoms with Gasteiger partial charge in [-0.3, -0.25) is 4.90 Å². The Hall–Kier alpha value is -0.130. The van der Waals surface area contributed by atoms with Crippen LogP contribution in [0.2, 0.25) is 0 Å². The largest absolute Gasteiger partial charge is 0.309 e. The quantitative estimate of drug-likeness (QED) is 0.843. The number of nitrogens with zero attached hydrogens (tertiary/aromatic N) is 1. The maximum absolute atomic E-state index is 11.6. The van der Waals surface area contributed by atoms with Crippen molar-refractivity contribution in [2.24, 2.45) is 5.41 Å². The molecule has 1 rings (SSSR count). The van der Waals surface area contributed by atoms with E-state index in [1.807, 2.05) is 0 Å². The number of rotatable bonds is 5. The molecule has 0 radical (unpaired) electrons. The third-order valence-electron chi connectivity index (χ3n) is 4.15. The van der Waals surface area contributed by atoms with Gasteiger partial charge in [0.05, 0.1) is 5.75 Å². The van der Waals surface area contributed by atoms with Crippen molar-refractivity contribution in [3.63, 3.8) is 0 Å². The van der Waals surface area contributed by atoms with Gasteiger partial charge in [-0.1, -0.05) is 27.7 Å². The normalized spacial score (nSPS) is 24.8. The molecule has 1 atom stereocenters. The van der Waals surface area contributed by atoms with Gasteiger partial charge in [0.25, 0.3) is 0 Å². The molecule has 0 spiro atoms. The van der Waals surface area contributed by atoms with Crippen LogP contribution in [0.5, 0.6) is 0 Å². The molecule has 120 valence electrons. The first-order chi connectivity index (χ1) is 8.97. The SMILES string of the molecule is CCS(=O)(=O)CCCN1CC(C)(C)NCC1C(C)(C)C. The Morgan fingerprint density at radius 1 is 1.30 bits per heavy atom. The fourth-order valence-electron chi connectivity index (χ4n) is 2.90. The van der Waals surface area contributed by atoms with Gasteiger partial charge in [0.15, 0.2) is 0 Å². The predicted molar refractivity (Wildman–Crippen MR) is 85.8 cm³/mol. The molecule has 1 aliphatic heterocycles. The molecule has 1 N–H and O–H groups in total. The number of hydrogen-bond donors (Lipinski definition) is 1. The van der Waals surface area contributed by atoms with Crippen LogP contribution in [0.3, 0.4) is 0 Å².